The van der Waals surface area contributed by atoms with Crippen LogP contribution < -0.4 is 10.8 Å². The molecule has 0 aromatic heterocycles. The number of nitriles is 1. The summed E-state index contributed by atoms with van der Waals surface area (Å²) in [5, 5.41) is 21.6. The summed E-state index contributed by atoms with van der Waals surface area (Å²) in [4.78, 5) is 29.9. The van der Waals surface area contributed by atoms with E-state index in [1.165, 1.54) is 25.3 Å². The van der Waals surface area contributed by atoms with E-state index in [9.17, 15) is 14.7 Å². The number of carbonyl (C=O) groups is 2. The van der Waals surface area contributed by atoms with Crippen LogP contribution in [0.15, 0.2) is 66.7 Å². The maximum Gasteiger partial charge on any atom is 0.275 e. The fourth-order valence-corrected chi connectivity index (χ4v) is 2.84. The summed E-state index contributed by atoms with van der Waals surface area (Å²) in [5.41, 5.74) is 4.65. The van der Waals surface area contributed by atoms with Crippen molar-refractivity contribution in [3.05, 3.63) is 83.4 Å². The highest BCUT2D eigenvalue weighted by Gasteiger charge is 2.19. The first-order valence-corrected chi connectivity index (χ1v) is 8.60. The third-order valence-corrected chi connectivity index (χ3v) is 4.18. The SMILES string of the molecule is CONC(=O)c1ccc(O)cc1-c1ccccc1C(=O)Nc1ccc(C#N)cc1. The summed E-state index contributed by atoms with van der Waals surface area (Å²) >= 11 is 0. The molecule has 144 valence electrons. The highest BCUT2D eigenvalue weighted by molar-refractivity contribution is 6.11. The predicted octanol–water partition coefficient (Wildman–Crippen LogP) is 3.47. The third-order valence-electron chi connectivity index (χ3n) is 4.18. The first kappa shape index (κ1) is 19.6. The standard InChI is InChI=1S/C22H17N3O4/c1-29-25-22(28)19-11-10-16(26)12-20(19)17-4-2-3-5-18(17)21(27)24-15-8-6-14(13-23)7-9-15/h2-12,26H,1H3,(H,24,27)(H,25,28). The van der Waals surface area contributed by atoms with Gasteiger partial charge >= 0.3 is 0 Å². The maximum absolute atomic E-state index is 12.9. The van der Waals surface area contributed by atoms with Gasteiger partial charge in [-0.25, -0.2) is 5.48 Å². The zero-order chi connectivity index (χ0) is 20.8. The van der Waals surface area contributed by atoms with Crippen LogP contribution in [-0.2, 0) is 4.84 Å². The van der Waals surface area contributed by atoms with Crippen LogP contribution in [0.2, 0.25) is 0 Å². The molecule has 0 unspecified atom stereocenters. The second-order valence-electron chi connectivity index (χ2n) is 6.05. The molecule has 2 amide bonds. The molecule has 3 N–H and O–H groups in total. The minimum absolute atomic E-state index is 0.0451. The zero-order valence-electron chi connectivity index (χ0n) is 15.5. The molecule has 7 heteroatoms. The van der Waals surface area contributed by atoms with Crippen molar-refractivity contribution in [2.24, 2.45) is 0 Å². The van der Waals surface area contributed by atoms with Crippen LogP contribution in [-0.4, -0.2) is 24.0 Å². The zero-order valence-corrected chi connectivity index (χ0v) is 15.5. The lowest BCUT2D eigenvalue weighted by atomic mass is 9.94. The van der Waals surface area contributed by atoms with Crippen LogP contribution in [0.25, 0.3) is 11.1 Å². The lowest BCUT2D eigenvalue weighted by molar-refractivity contribution is 0.0538. The van der Waals surface area contributed by atoms with Gasteiger partial charge in [0.2, 0.25) is 0 Å². The summed E-state index contributed by atoms with van der Waals surface area (Å²) in [7, 11) is 1.32. The van der Waals surface area contributed by atoms with Crippen molar-refractivity contribution in [3.8, 4) is 22.9 Å². The van der Waals surface area contributed by atoms with Crippen LogP contribution in [0.3, 0.4) is 0 Å². The number of hydrogen-bond donors (Lipinski definition) is 3. The monoisotopic (exact) mass is 387 g/mol. The lowest BCUT2D eigenvalue weighted by Gasteiger charge is -2.14. The molecule has 3 aromatic carbocycles. The molecular weight excluding hydrogens is 370 g/mol. The van der Waals surface area contributed by atoms with Gasteiger partial charge in [-0.15, -0.1) is 0 Å². The van der Waals surface area contributed by atoms with Gasteiger partial charge in [-0.2, -0.15) is 5.26 Å². The number of hydroxylamine groups is 1. The van der Waals surface area contributed by atoms with Crippen molar-refractivity contribution >= 4 is 17.5 Å². The van der Waals surface area contributed by atoms with Gasteiger partial charge in [-0.05, 0) is 59.7 Å². The number of phenols is 1. The largest absolute Gasteiger partial charge is 0.508 e. The van der Waals surface area contributed by atoms with E-state index >= 15 is 0 Å². The molecule has 0 fully saturated rings. The van der Waals surface area contributed by atoms with Gasteiger partial charge < -0.3 is 10.4 Å². The average molecular weight is 387 g/mol. The smallest absolute Gasteiger partial charge is 0.275 e. The van der Waals surface area contributed by atoms with Crippen LogP contribution >= 0.6 is 0 Å². The van der Waals surface area contributed by atoms with Gasteiger partial charge in [0.05, 0.1) is 18.7 Å². The first-order valence-electron chi connectivity index (χ1n) is 8.60. The normalized spacial score (nSPS) is 10.1. The highest BCUT2D eigenvalue weighted by atomic mass is 16.6. The molecule has 0 spiro atoms. The molecule has 29 heavy (non-hydrogen) atoms. The van der Waals surface area contributed by atoms with Gasteiger partial charge in [0.25, 0.3) is 11.8 Å². The molecule has 0 bridgehead atoms. The van der Waals surface area contributed by atoms with E-state index < -0.39 is 11.8 Å². The molecule has 0 aliphatic carbocycles. The lowest BCUT2D eigenvalue weighted by Crippen LogP contribution is -2.22. The Morgan fingerprint density at radius 1 is 0.931 bits per heavy atom. The van der Waals surface area contributed by atoms with E-state index in [2.05, 4.69) is 10.8 Å². The van der Waals surface area contributed by atoms with Crippen molar-refractivity contribution in [1.29, 1.82) is 5.26 Å². The Morgan fingerprint density at radius 3 is 2.31 bits per heavy atom. The molecule has 3 rings (SSSR count). The molecule has 0 saturated carbocycles. The van der Waals surface area contributed by atoms with Gasteiger partial charge in [-0.1, -0.05) is 18.2 Å². The Hall–Kier alpha value is -4.15. The van der Waals surface area contributed by atoms with Gasteiger partial charge in [0, 0.05) is 16.8 Å². The van der Waals surface area contributed by atoms with Crippen LogP contribution in [0.4, 0.5) is 5.69 Å². The van der Waals surface area contributed by atoms with E-state index in [0.29, 0.717) is 27.9 Å². The second-order valence-corrected chi connectivity index (χ2v) is 6.05. The molecule has 0 atom stereocenters. The quantitative estimate of drug-likeness (QED) is 0.581. The van der Waals surface area contributed by atoms with Crippen molar-refractivity contribution in [3.63, 3.8) is 0 Å². The number of rotatable bonds is 5. The summed E-state index contributed by atoms with van der Waals surface area (Å²) in [5.74, 6) is -0.951. The Labute approximate surface area is 167 Å². The summed E-state index contributed by atoms with van der Waals surface area (Å²) in [6.07, 6.45) is 0. The molecule has 0 heterocycles. The Bertz CT molecular complexity index is 1100. The van der Waals surface area contributed by atoms with Gasteiger partial charge in [-0.3, -0.25) is 14.4 Å². The number of benzene rings is 3. The fourth-order valence-electron chi connectivity index (χ4n) is 2.84. The van der Waals surface area contributed by atoms with E-state index in [1.54, 1.807) is 48.5 Å². The van der Waals surface area contributed by atoms with Gasteiger partial charge in [0.1, 0.15) is 5.75 Å². The predicted molar refractivity (Wildman–Crippen MR) is 107 cm³/mol. The van der Waals surface area contributed by atoms with Crippen molar-refractivity contribution in [2.75, 3.05) is 12.4 Å². The Balaban J connectivity index is 2.01. The number of carbonyl (C=O) groups excluding carboxylic acids is 2. The summed E-state index contributed by atoms with van der Waals surface area (Å²) in [6, 6.07) is 19.5. The number of phenolic OH excluding ortho intramolecular Hbond substituents is 1. The van der Waals surface area contributed by atoms with E-state index in [1.807, 2.05) is 6.07 Å². The molecule has 0 saturated heterocycles. The topological polar surface area (TPSA) is 111 Å². The minimum Gasteiger partial charge on any atom is -0.508 e. The summed E-state index contributed by atoms with van der Waals surface area (Å²) in [6.45, 7) is 0. The Kier molecular flexibility index (Phi) is 5.88. The highest BCUT2D eigenvalue weighted by Crippen LogP contribution is 2.31. The van der Waals surface area contributed by atoms with Gasteiger partial charge in [0.15, 0.2) is 0 Å². The second kappa shape index (κ2) is 8.69. The number of nitrogens with zero attached hydrogens (tertiary/aromatic N) is 1. The van der Waals surface area contributed by atoms with Crippen LogP contribution in [0.1, 0.15) is 26.3 Å². The number of anilines is 1. The maximum atomic E-state index is 12.9. The van der Waals surface area contributed by atoms with Crippen LogP contribution in [0, 0.1) is 11.3 Å². The average Bonchev–Trinajstić information content (AvgIpc) is 2.74. The summed E-state index contributed by atoms with van der Waals surface area (Å²) < 4.78 is 0. The number of hydrogen-bond acceptors (Lipinski definition) is 5. The number of amides is 2. The first-order chi connectivity index (χ1) is 14.0. The number of nitrogens with one attached hydrogen (secondary N) is 2. The van der Waals surface area contributed by atoms with E-state index in [4.69, 9.17) is 10.1 Å². The Morgan fingerprint density at radius 2 is 1.62 bits per heavy atom. The van der Waals surface area contributed by atoms with Crippen molar-refractivity contribution < 1.29 is 19.5 Å². The molecule has 0 aliphatic rings. The molecule has 7 nitrogen and oxygen atoms in total. The molecular formula is C22H17N3O4. The van der Waals surface area contributed by atoms with Crippen LogP contribution in [0.5, 0.6) is 5.75 Å². The van der Waals surface area contributed by atoms with E-state index in [0.717, 1.165) is 0 Å². The molecule has 3 aromatic rings. The van der Waals surface area contributed by atoms with E-state index in [-0.39, 0.29) is 11.3 Å². The molecule has 0 aliphatic heterocycles. The molecule has 0 radical (unpaired) electrons. The minimum atomic E-state index is -0.509. The van der Waals surface area contributed by atoms with Crippen molar-refractivity contribution in [2.45, 2.75) is 0 Å². The fraction of sp³-hybridized carbons (Fsp3) is 0.0455. The van der Waals surface area contributed by atoms with Crippen molar-refractivity contribution in [1.82, 2.24) is 5.48 Å². The number of aromatic hydroxyl groups is 1. The third kappa shape index (κ3) is 4.40.